The number of carbonyl (C=O) groups excluding carboxylic acids is 1. The van der Waals surface area contributed by atoms with E-state index in [0.29, 0.717) is 18.1 Å². The first-order valence-electron chi connectivity index (χ1n) is 7.97. The first kappa shape index (κ1) is 15.8. The number of hydrogen-bond donors (Lipinski definition) is 2. The molecule has 0 saturated carbocycles. The lowest BCUT2D eigenvalue weighted by Gasteiger charge is -2.26. The van der Waals surface area contributed by atoms with Gasteiger partial charge in [0, 0.05) is 26.2 Å². The molecule has 1 aromatic carbocycles. The number of hydrogen-bond acceptors (Lipinski definition) is 6. The molecule has 3 rings (SSSR count). The highest BCUT2D eigenvalue weighted by Gasteiger charge is 2.11. The monoisotopic (exact) mass is 318 g/mol. The van der Waals surface area contributed by atoms with Gasteiger partial charge in [-0.3, -0.25) is 4.90 Å². The number of aromatic nitrogens is 2. The molecular weight excluding hydrogens is 296 g/mol. The number of nitrogens with zero attached hydrogens (tertiary/aromatic N) is 2. The molecule has 0 radical (unpaired) electrons. The van der Waals surface area contributed by atoms with Gasteiger partial charge in [-0.25, -0.2) is 9.78 Å². The number of fused-ring (bicyclic) bond motifs is 1. The molecule has 0 bridgehead atoms. The van der Waals surface area contributed by atoms with Gasteiger partial charge in [-0.2, -0.15) is 0 Å². The van der Waals surface area contributed by atoms with Gasteiger partial charge in [-0.15, -0.1) is 0 Å². The van der Waals surface area contributed by atoms with E-state index in [4.69, 9.17) is 9.47 Å². The maximum Gasteiger partial charge on any atom is 0.338 e. The smallest absolute Gasteiger partial charge is 0.338 e. The van der Waals surface area contributed by atoms with Gasteiger partial charge in [0.15, 0.2) is 0 Å². The van der Waals surface area contributed by atoms with Crippen LogP contribution in [0.5, 0.6) is 0 Å². The standard InChI is InChI=1S/C16H22N4O3/c1-2-23-15(21)12-3-4-13-14(11-12)19-16(18-13)17-5-6-20-7-9-22-10-8-20/h3-4,11H,2,5-10H2,1H3,(H2,17,18,19). The van der Waals surface area contributed by atoms with Crippen LogP contribution in [0.25, 0.3) is 11.0 Å². The summed E-state index contributed by atoms with van der Waals surface area (Å²) >= 11 is 0. The van der Waals surface area contributed by atoms with Crippen LogP contribution < -0.4 is 5.32 Å². The molecular formula is C16H22N4O3. The van der Waals surface area contributed by atoms with Crippen molar-refractivity contribution in [3.63, 3.8) is 0 Å². The van der Waals surface area contributed by atoms with Gasteiger partial charge in [0.1, 0.15) is 0 Å². The molecule has 1 fully saturated rings. The SMILES string of the molecule is CCOC(=O)c1ccc2nc(NCCN3CCOCC3)[nH]c2c1. The van der Waals surface area contributed by atoms with E-state index < -0.39 is 0 Å². The fourth-order valence-corrected chi connectivity index (χ4v) is 2.59. The van der Waals surface area contributed by atoms with Crippen LogP contribution in [0, 0.1) is 0 Å². The summed E-state index contributed by atoms with van der Waals surface area (Å²) in [4.78, 5) is 21.8. The molecule has 7 heteroatoms. The third kappa shape index (κ3) is 4.00. The molecule has 23 heavy (non-hydrogen) atoms. The predicted molar refractivity (Wildman–Crippen MR) is 87.8 cm³/mol. The van der Waals surface area contributed by atoms with Crippen molar-refractivity contribution in [3.05, 3.63) is 23.8 Å². The molecule has 1 saturated heterocycles. The molecule has 0 spiro atoms. The number of carbonyl (C=O) groups is 1. The second-order valence-corrected chi connectivity index (χ2v) is 5.42. The van der Waals surface area contributed by atoms with Gasteiger partial charge >= 0.3 is 5.97 Å². The summed E-state index contributed by atoms with van der Waals surface area (Å²) in [5.41, 5.74) is 2.18. The Morgan fingerprint density at radius 2 is 2.26 bits per heavy atom. The molecule has 124 valence electrons. The highest BCUT2D eigenvalue weighted by molar-refractivity contribution is 5.94. The second-order valence-electron chi connectivity index (χ2n) is 5.42. The van der Waals surface area contributed by atoms with E-state index in [9.17, 15) is 4.79 Å². The number of anilines is 1. The number of benzene rings is 1. The first-order chi connectivity index (χ1) is 11.3. The van der Waals surface area contributed by atoms with Crippen LogP contribution in [-0.4, -0.2) is 66.8 Å². The topological polar surface area (TPSA) is 79.5 Å². The zero-order valence-electron chi connectivity index (χ0n) is 13.3. The summed E-state index contributed by atoms with van der Waals surface area (Å²) in [6.07, 6.45) is 0. The van der Waals surface area contributed by atoms with Crippen molar-refractivity contribution in [3.8, 4) is 0 Å². The molecule has 2 heterocycles. The van der Waals surface area contributed by atoms with Crippen molar-refractivity contribution in [1.82, 2.24) is 14.9 Å². The Hall–Kier alpha value is -2.12. The van der Waals surface area contributed by atoms with Crippen molar-refractivity contribution in [1.29, 1.82) is 0 Å². The largest absolute Gasteiger partial charge is 0.462 e. The summed E-state index contributed by atoms with van der Waals surface area (Å²) < 4.78 is 10.3. The Bertz CT molecular complexity index is 664. The Morgan fingerprint density at radius 1 is 1.43 bits per heavy atom. The summed E-state index contributed by atoms with van der Waals surface area (Å²) in [6, 6.07) is 5.33. The molecule has 1 aliphatic heterocycles. The van der Waals surface area contributed by atoms with E-state index in [2.05, 4.69) is 20.2 Å². The molecule has 7 nitrogen and oxygen atoms in total. The predicted octanol–water partition coefficient (Wildman–Crippen LogP) is 1.48. The fraction of sp³-hybridized carbons (Fsp3) is 0.500. The lowest BCUT2D eigenvalue weighted by atomic mass is 10.2. The summed E-state index contributed by atoms with van der Waals surface area (Å²) in [5.74, 6) is 0.403. The van der Waals surface area contributed by atoms with E-state index in [0.717, 1.165) is 50.4 Å². The first-order valence-corrected chi connectivity index (χ1v) is 7.97. The van der Waals surface area contributed by atoms with Crippen LogP contribution in [0.2, 0.25) is 0 Å². The number of rotatable bonds is 6. The Kier molecular flexibility index (Phi) is 5.09. The second kappa shape index (κ2) is 7.43. The Balaban J connectivity index is 1.59. The zero-order valence-corrected chi connectivity index (χ0v) is 13.3. The van der Waals surface area contributed by atoms with Crippen LogP contribution >= 0.6 is 0 Å². The van der Waals surface area contributed by atoms with Crippen molar-refractivity contribution >= 4 is 23.0 Å². The van der Waals surface area contributed by atoms with Gasteiger partial charge in [0.05, 0.1) is 36.4 Å². The summed E-state index contributed by atoms with van der Waals surface area (Å²) in [6.45, 7) is 7.49. The average Bonchev–Trinajstić information content (AvgIpc) is 2.98. The fourth-order valence-electron chi connectivity index (χ4n) is 2.59. The van der Waals surface area contributed by atoms with E-state index in [-0.39, 0.29) is 5.97 Å². The molecule has 1 aliphatic rings. The average molecular weight is 318 g/mol. The number of morpholine rings is 1. The minimum absolute atomic E-state index is 0.314. The molecule has 0 amide bonds. The third-order valence-corrected chi connectivity index (χ3v) is 3.82. The highest BCUT2D eigenvalue weighted by Crippen LogP contribution is 2.16. The number of ether oxygens (including phenoxy) is 2. The van der Waals surface area contributed by atoms with Gasteiger partial charge in [0.25, 0.3) is 0 Å². The third-order valence-electron chi connectivity index (χ3n) is 3.82. The van der Waals surface area contributed by atoms with Crippen molar-refractivity contribution in [2.45, 2.75) is 6.92 Å². The van der Waals surface area contributed by atoms with Gasteiger partial charge in [0.2, 0.25) is 5.95 Å². The maximum absolute atomic E-state index is 11.8. The Morgan fingerprint density at radius 3 is 3.04 bits per heavy atom. The maximum atomic E-state index is 11.8. The molecule has 2 N–H and O–H groups in total. The molecule has 0 aliphatic carbocycles. The lowest BCUT2D eigenvalue weighted by molar-refractivity contribution is 0.0398. The summed E-state index contributed by atoms with van der Waals surface area (Å²) in [5, 5.41) is 3.29. The lowest BCUT2D eigenvalue weighted by Crippen LogP contribution is -2.39. The van der Waals surface area contributed by atoms with Crippen LogP contribution in [0.4, 0.5) is 5.95 Å². The minimum Gasteiger partial charge on any atom is -0.462 e. The quantitative estimate of drug-likeness (QED) is 0.786. The summed E-state index contributed by atoms with van der Waals surface area (Å²) in [7, 11) is 0. The van der Waals surface area contributed by atoms with Crippen LogP contribution in [0.1, 0.15) is 17.3 Å². The van der Waals surface area contributed by atoms with Crippen LogP contribution in [0.15, 0.2) is 18.2 Å². The molecule has 1 aromatic heterocycles. The van der Waals surface area contributed by atoms with Gasteiger partial charge in [-0.1, -0.05) is 0 Å². The normalized spacial score (nSPS) is 15.7. The number of H-pyrrole nitrogens is 1. The van der Waals surface area contributed by atoms with E-state index in [1.165, 1.54) is 0 Å². The van der Waals surface area contributed by atoms with Crippen molar-refractivity contribution in [2.75, 3.05) is 51.3 Å². The molecule has 0 atom stereocenters. The van der Waals surface area contributed by atoms with Crippen molar-refractivity contribution < 1.29 is 14.3 Å². The Labute approximate surface area is 135 Å². The molecule has 0 unspecified atom stereocenters. The van der Waals surface area contributed by atoms with Crippen LogP contribution in [-0.2, 0) is 9.47 Å². The van der Waals surface area contributed by atoms with Gasteiger partial charge < -0.3 is 19.8 Å². The van der Waals surface area contributed by atoms with Gasteiger partial charge in [-0.05, 0) is 25.1 Å². The number of esters is 1. The van der Waals surface area contributed by atoms with E-state index in [1.54, 1.807) is 19.1 Å². The zero-order chi connectivity index (χ0) is 16.1. The number of aromatic amines is 1. The number of imidazole rings is 1. The minimum atomic E-state index is -0.314. The van der Waals surface area contributed by atoms with E-state index in [1.807, 2.05) is 6.07 Å². The van der Waals surface area contributed by atoms with E-state index >= 15 is 0 Å². The number of nitrogens with one attached hydrogen (secondary N) is 2. The highest BCUT2D eigenvalue weighted by atomic mass is 16.5. The van der Waals surface area contributed by atoms with Crippen LogP contribution in [0.3, 0.4) is 0 Å². The van der Waals surface area contributed by atoms with Crippen molar-refractivity contribution in [2.24, 2.45) is 0 Å². The molecule has 2 aromatic rings.